The maximum absolute atomic E-state index is 12.4. The van der Waals surface area contributed by atoms with Gasteiger partial charge >= 0.3 is 23.6 Å². The standard InChI is InChI=1S/C17H21N3O9/c1-8(21)18-13-5-6-20(17(25)19-13)16-15(28-11(4)24)14(27-10(3)23)12(29-16)7-26-9(2)22/h5-6,12,14-16H,7H2,1-4H3,(H,18,19,21,25)/t12-,14+,15+,16+/m0/s1. The molecular formula is C17H21N3O9. The lowest BCUT2D eigenvalue weighted by Crippen LogP contribution is -2.41. The summed E-state index contributed by atoms with van der Waals surface area (Å²) in [5.41, 5.74) is -0.812. The summed E-state index contributed by atoms with van der Waals surface area (Å²) in [6.07, 6.45) is -3.28. The van der Waals surface area contributed by atoms with Crippen molar-refractivity contribution in [1.82, 2.24) is 9.55 Å². The van der Waals surface area contributed by atoms with Crippen LogP contribution in [0.3, 0.4) is 0 Å². The van der Waals surface area contributed by atoms with Gasteiger partial charge in [-0.25, -0.2) is 4.79 Å². The third-order valence-corrected chi connectivity index (χ3v) is 3.75. The number of amides is 1. The van der Waals surface area contributed by atoms with E-state index in [1.54, 1.807) is 0 Å². The molecule has 1 aromatic rings. The summed E-state index contributed by atoms with van der Waals surface area (Å²) in [5, 5.41) is 2.37. The smallest absolute Gasteiger partial charge is 0.351 e. The SMILES string of the molecule is CC(=O)Nc1ccn([C@@H]2O[C@@H](COC(C)=O)[C@@H](OC(C)=O)[C@H]2OC(C)=O)c(=O)n1. The molecular weight excluding hydrogens is 390 g/mol. The fourth-order valence-corrected chi connectivity index (χ4v) is 2.77. The summed E-state index contributed by atoms with van der Waals surface area (Å²) in [7, 11) is 0. The molecule has 0 unspecified atom stereocenters. The molecule has 1 aromatic heterocycles. The Kier molecular flexibility index (Phi) is 7.04. The zero-order valence-electron chi connectivity index (χ0n) is 16.2. The number of hydrogen-bond donors (Lipinski definition) is 1. The van der Waals surface area contributed by atoms with Gasteiger partial charge in [0.15, 0.2) is 18.4 Å². The van der Waals surface area contributed by atoms with Crippen LogP contribution in [0.2, 0.25) is 0 Å². The normalized spacial score (nSPS) is 23.2. The van der Waals surface area contributed by atoms with Gasteiger partial charge in [-0.3, -0.25) is 23.7 Å². The first-order valence-electron chi connectivity index (χ1n) is 8.58. The summed E-state index contributed by atoms with van der Waals surface area (Å²) in [6, 6.07) is 1.34. The van der Waals surface area contributed by atoms with Crippen molar-refractivity contribution in [3.8, 4) is 0 Å². The Morgan fingerprint density at radius 3 is 2.21 bits per heavy atom. The van der Waals surface area contributed by atoms with Gasteiger partial charge in [-0.05, 0) is 6.07 Å². The zero-order chi connectivity index (χ0) is 21.7. The van der Waals surface area contributed by atoms with Crippen LogP contribution in [0.1, 0.15) is 33.9 Å². The highest BCUT2D eigenvalue weighted by molar-refractivity contribution is 5.87. The summed E-state index contributed by atoms with van der Waals surface area (Å²) in [4.78, 5) is 61.5. The van der Waals surface area contributed by atoms with Crippen molar-refractivity contribution in [2.24, 2.45) is 0 Å². The lowest BCUT2D eigenvalue weighted by atomic mass is 10.1. The quantitative estimate of drug-likeness (QED) is 0.480. The molecule has 1 N–H and O–H groups in total. The van der Waals surface area contributed by atoms with Gasteiger partial charge in [-0.15, -0.1) is 0 Å². The highest BCUT2D eigenvalue weighted by Gasteiger charge is 2.50. The van der Waals surface area contributed by atoms with E-state index in [2.05, 4.69) is 10.3 Å². The molecule has 1 fully saturated rings. The van der Waals surface area contributed by atoms with Crippen molar-refractivity contribution in [2.75, 3.05) is 11.9 Å². The van der Waals surface area contributed by atoms with Gasteiger partial charge in [0.2, 0.25) is 5.91 Å². The monoisotopic (exact) mass is 411 g/mol. The molecule has 0 saturated carbocycles. The summed E-state index contributed by atoms with van der Waals surface area (Å²) >= 11 is 0. The molecule has 4 atom stereocenters. The van der Waals surface area contributed by atoms with Crippen LogP contribution < -0.4 is 11.0 Å². The van der Waals surface area contributed by atoms with Crippen molar-refractivity contribution in [1.29, 1.82) is 0 Å². The summed E-state index contributed by atoms with van der Waals surface area (Å²) in [5.74, 6) is -2.38. The predicted octanol–water partition coefficient (Wildman–Crippen LogP) is -0.474. The van der Waals surface area contributed by atoms with Crippen LogP contribution in [-0.2, 0) is 38.1 Å². The van der Waals surface area contributed by atoms with Crippen LogP contribution in [0.4, 0.5) is 5.82 Å². The van der Waals surface area contributed by atoms with Gasteiger partial charge in [0, 0.05) is 33.9 Å². The zero-order valence-corrected chi connectivity index (χ0v) is 16.2. The maximum Gasteiger partial charge on any atom is 0.351 e. The average Bonchev–Trinajstić information content (AvgIpc) is 2.89. The molecule has 0 radical (unpaired) electrons. The molecule has 1 aliphatic rings. The van der Waals surface area contributed by atoms with E-state index in [0.29, 0.717) is 0 Å². The molecule has 0 bridgehead atoms. The topological polar surface area (TPSA) is 152 Å². The Morgan fingerprint density at radius 2 is 1.69 bits per heavy atom. The van der Waals surface area contributed by atoms with Gasteiger partial charge < -0.3 is 24.3 Å². The number of hydrogen-bond acceptors (Lipinski definition) is 10. The maximum atomic E-state index is 12.4. The number of rotatable bonds is 6. The van der Waals surface area contributed by atoms with Crippen LogP contribution in [0.25, 0.3) is 0 Å². The summed E-state index contributed by atoms with van der Waals surface area (Å²) < 4.78 is 22.1. The lowest BCUT2D eigenvalue weighted by molar-refractivity contribution is -0.166. The Hall–Kier alpha value is -3.28. The molecule has 2 heterocycles. The van der Waals surface area contributed by atoms with Crippen molar-refractivity contribution in [3.05, 3.63) is 22.7 Å². The minimum Gasteiger partial charge on any atom is -0.463 e. The second kappa shape index (κ2) is 9.28. The highest BCUT2D eigenvalue weighted by Crippen LogP contribution is 2.33. The molecule has 12 nitrogen and oxygen atoms in total. The molecule has 1 aliphatic heterocycles. The fraction of sp³-hybridized carbons (Fsp3) is 0.529. The minimum absolute atomic E-state index is 0.0220. The van der Waals surface area contributed by atoms with Crippen LogP contribution in [0.5, 0.6) is 0 Å². The van der Waals surface area contributed by atoms with Gasteiger partial charge in [0.1, 0.15) is 18.5 Å². The first kappa shape index (κ1) is 22.0. The van der Waals surface area contributed by atoms with Crippen molar-refractivity contribution in [2.45, 2.75) is 52.2 Å². The average molecular weight is 411 g/mol. The van der Waals surface area contributed by atoms with E-state index in [1.165, 1.54) is 26.1 Å². The van der Waals surface area contributed by atoms with Gasteiger partial charge in [0.25, 0.3) is 0 Å². The van der Waals surface area contributed by atoms with Gasteiger partial charge in [0.05, 0.1) is 0 Å². The van der Waals surface area contributed by atoms with Crippen molar-refractivity contribution in [3.63, 3.8) is 0 Å². The highest BCUT2D eigenvalue weighted by atomic mass is 16.7. The Bertz CT molecular complexity index is 866. The first-order valence-corrected chi connectivity index (χ1v) is 8.58. The lowest BCUT2D eigenvalue weighted by Gasteiger charge is -2.23. The molecule has 1 amide bonds. The first-order chi connectivity index (χ1) is 13.6. The third-order valence-electron chi connectivity index (χ3n) is 3.75. The van der Waals surface area contributed by atoms with E-state index >= 15 is 0 Å². The molecule has 12 heteroatoms. The van der Waals surface area contributed by atoms with Crippen LogP contribution in [0.15, 0.2) is 17.1 Å². The number of carbonyl (C=O) groups is 4. The third kappa shape index (κ3) is 5.85. The Balaban J connectivity index is 2.40. The number of nitrogens with one attached hydrogen (secondary N) is 1. The van der Waals surface area contributed by atoms with Crippen LogP contribution in [-0.4, -0.2) is 58.3 Å². The molecule has 0 spiro atoms. The second-order valence-electron chi connectivity index (χ2n) is 6.20. The number of nitrogens with zero attached hydrogens (tertiary/aromatic N) is 2. The molecule has 0 aromatic carbocycles. The molecule has 0 aliphatic carbocycles. The Labute approximate surface area is 165 Å². The fourth-order valence-electron chi connectivity index (χ4n) is 2.77. The Morgan fingerprint density at radius 1 is 1.07 bits per heavy atom. The van der Waals surface area contributed by atoms with E-state index in [1.807, 2.05) is 0 Å². The van der Waals surface area contributed by atoms with Crippen LogP contribution >= 0.6 is 0 Å². The summed E-state index contributed by atoms with van der Waals surface area (Å²) in [6.45, 7) is 4.44. The largest absolute Gasteiger partial charge is 0.463 e. The minimum atomic E-state index is -1.21. The van der Waals surface area contributed by atoms with Gasteiger partial charge in [-0.1, -0.05) is 0 Å². The molecule has 158 valence electrons. The molecule has 1 saturated heterocycles. The van der Waals surface area contributed by atoms with Crippen molar-refractivity contribution < 1.29 is 38.1 Å². The van der Waals surface area contributed by atoms with E-state index in [9.17, 15) is 24.0 Å². The molecule has 2 rings (SSSR count). The van der Waals surface area contributed by atoms with E-state index in [0.717, 1.165) is 18.4 Å². The second-order valence-corrected chi connectivity index (χ2v) is 6.20. The number of ether oxygens (including phenoxy) is 4. The van der Waals surface area contributed by atoms with E-state index in [4.69, 9.17) is 18.9 Å². The predicted molar refractivity (Wildman–Crippen MR) is 94.5 cm³/mol. The number of esters is 3. The van der Waals surface area contributed by atoms with Crippen LogP contribution in [0, 0.1) is 0 Å². The number of carbonyl (C=O) groups excluding carboxylic acids is 4. The van der Waals surface area contributed by atoms with E-state index < -0.39 is 54.0 Å². The van der Waals surface area contributed by atoms with E-state index in [-0.39, 0.29) is 12.4 Å². The molecule has 29 heavy (non-hydrogen) atoms. The number of aromatic nitrogens is 2. The number of anilines is 1. The van der Waals surface area contributed by atoms with Gasteiger partial charge in [-0.2, -0.15) is 4.98 Å². The van der Waals surface area contributed by atoms with Crippen molar-refractivity contribution >= 4 is 29.6 Å².